The molecule has 0 saturated carbocycles. The second-order valence-electron chi connectivity index (χ2n) is 5.89. The Morgan fingerprint density at radius 3 is 2.90 bits per heavy atom. The zero-order valence-electron chi connectivity index (χ0n) is 11.5. The van der Waals surface area contributed by atoms with E-state index in [2.05, 4.69) is 22.4 Å². The van der Waals surface area contributed by atoms with Crippen LogP contribution in [0.2, 0.25) is 0 Å². The molecule has 3 saturated heterocycles. The number of piperidine rings is 3. The first-order valence-electron chi connectivity index (χ1n) is 7.16. The summed E-state index contributed by atoms with van der Waals surface area (Å²) in [6, 6.07) is 4.30. The Hall–Kier alpha value is -1.11. The largest absolute Gasteiger partial charge is 0.527 e. The minimum atomic E-state index is -0.750. The van der Waals surface area contributed by atoms with Gasteiger partial charge >= 0.3 is 6.16 Å². The molecule has 5 nitrogen and oxygen atoms in total. The van der Waals surface area contributed by atoms with Crippen molar-refractivity contribution >= 4 is 17.5 Å². The van der Waals surface area contributed by atoms with Crippen molar-refractivity contribution in [3.63, 3.8) is 0 Å². The van der Waals surface area contributed by atoms with Crippen molar-refractivity contribution < 1.29 is 18.9 Å². The molecule has 0 amide bonds. The Bertz CT molecular complexity index is 455. The summed E-state index contributed by atoms with van der Waals surface area (Å²) in [6.07, 6.45) is 2.59. The number of quaternary nitrogens is 1. The van der Waals surface area contributed by atoms with Crippen LogP contribution in [0.4, 0.5) is 4.79 Å². The monoisotopic (exact) mass is 297 g/mol. The van der Waals surface area contributed by atoms with Gasteiger partial charge in [-0.15, -0.1) is 11.3 Å². The van der Waals surface area contributed by atoms with Gasteiger partial charge in [0.05, 0.1) is 19.6 Å². The second kappa shape index (κ2) is 5.71. The summed E-state index contributed by atoms with van der Waals surface area (Å²) in [7, 11) is 0. The highest BCUT2D eigenvalue weighted by Crippen LogP contribution is 2.36. The molecule has 1 atom stereocenters. The summed E-state index contributed by atoms with van der Waals surface area (Å²) in [5.41, 5.74) is 0. The highest BCUT2D eigenvalue weighted by molar-refractivity contribution is 7.09. The first-order chi connectivity index (χ1) is 9.71. The van der Waals surface area contributed by atoms with E-state index >= 15 is 0 Å². The highest BCUT2D eigenvalue weighted by atomic mass is 32.1. The van der Waals surface area contributed by atoms with Crippen LogP contribution in [-0.4, -0.2) is 42.9 Å². The van der Waals surface area contributed by atoms with Crippen LogP contribution >= 0.6 is 11.3 Å². The number of hydrogen-bond acceptors (Lipinski definition) is 5. The van der Waals surface area contributed by atoms with E-state index in [-0.39, 0.29) is 6.10 Å². The zero-order valence-corrected chi connectivity index (χ0v) is 12.3. The fourth-order valence-corrected chi connectivity index (χ4v) is 4.32. The van der Waals surface area contributed by atoms with E-state index < -0.39 is 6.16 Å². The Labute approximate surface area is 122 Å². The Morgan fingerprint density at radius 2 is 2.25 bits per heavy atom. The maximum absolute atomic E-state index is 11.2. The van der Waals surface area contributed by atoms with Gasteiger partial charge in [-0.05, 0) is 11.4 Å². The molecule has 0 aliphatic carbocycles. The van der Waals surface area contributed by atoms with Crippen LogP contribution in [0, 0.1) is 5.92 Å². The first kappa shape index (κ1) is 13.9. The Morgan fingerprint density at radius 1 is 1.45 bits per heavy atom. The molecule has 3 aliphatic heterocycles. The molecule has 20 heavy (non-hydrogen) atoms. The van der Waals surface area contributed by atoms with Crippen molar-refractivity contribution in [2.45, 2.75) is 25.4 Å². The van der Waals surface area contributed by atoms with E-state index in [1.807, 2.05) is 11.3 Å². The third-order valence-electron chi connectivity index (χ3n) is 4.80. The first-order valence-corrected chi connectivity index (χ1v) is 8.04. The predicted octanol–water partition coefficient (Wildman–Crippen LogP) is 1.93. The lowest BCUT2D eigenvalue weighted by atomic mass is 9.83. The number of carbonyl (C=O) groups excluding carboxylic acids is 1. The lowest BCUT2D eigenvalue weighted by molar-refractivity contribution is -0.946. The topological polar surface area (TPSA) is 61.5 Å². The van der Waals surface area contributed by atoms with Gasteiger partial charge in [0, 0.05) is 30.1 Å². The summed E-state index contributed by atoms with van der Waals surface area (Å²) < 4.78 is 6.40. The van der Waals surface area contributed by atoms with Crippen molar-refractivity contribution in [3.05, 3.63) is 22.4 Å². The third-order valence-corrected chi connectivity index (χ3v) is 5.73. The number of hydrogen-bond donors (Lipinski definition) is 1. The SMILES string of the molecule is NOC(=O)OC1C[N+]2(CCc3cccs3)CCC1CC2. The second-order valence-corrected chi connectivity index (χ2v) is 6.92. The lowest BCUT2D eigenvalue weighted by Crippen LogP contribution is -2.65. The molecule has 2 bridgehead atoms. The van der Waals surface area contributed by atoms with Gasteiger partial charge in [0.15, 0.2) is 6.10 Å². The molecule has 2 N–H and O–H groups in total. The summed E-state index contributed by atoms with van der Waals surface area (Å²) in [5, 5.41) is 2.13. The minimum absolute atomic E-state index is 0.0307. The van der Waals surface area contributed by atoms with Crippen LogP contribution in [0.3, 0.4) is 0 Å². The average Bonchev–Trinajstić information content (AvgIpc) is 3.00. The number of nitrogens with zero attached hydrogens (tertiary/aromatic N) is 1. The van der Waals surface area contributed by atoms with Gasteiger partial charge in [-0.3, -0.25) is 0 Å². The van der Waals surface area contributed by atoms with Crippen LogP contribution in [0.25, 0.3) is 0 Å². The highest BCUT2D eigenvalue weighted by Gasteiger charge is 2.47. The number of fused-ring (bicyclic) bond motifs is 3. The van der Waals surface area contributed by atoms with Crippen molar-refractivity contribution in [3.8, 4) is 0 Å². The molecule has 3 fully saturated rings. The number of rotatable bonds is 4. The van der Waals surface area contributed by atoms with E-state index in [9.17, 15) is 4.79 Å². The zero-order chi connectivity index (χ0) is 14.0. The summed E-state index contributed by atoms with van der Waals surface area (Å²) >= 11 is 1.82. The standard InChI is InChI=1S/C14H21N2O3S/c15-19-14(17)18-13-10-16(6-3-11(13)4-7-16)8-5-12-2-1-9-20-12/h1-2,9,11,13H,3-8,10,15H2/q+1. The van der Waals surface area contributed by atoms with Crippen LogP contribution in [-0.2, 0) is 16.0 Å². The van der Waals surface area contributed by atoms with Gasteiger partial charge < -0.3 is 14.1 Å². The van der Waals surface area contributed by atoms with Crippen molar-refractivity contribution in [1.29, 1.82) is 0 Å². The van der Waals surface area contributed by atoms with Gasteiger partial charge in [-0.25, -0.2) is 4.79 Å². The summed E-state index contributed by atoms with van der Waals surface area (Å²) in [6.45, 7) is 4.44. The molecule has 1 unspecified atom stereocenters. The molecule has 6 heteroatoms. The van der Waals surface area contributed by atoms with Crippen molar-refractivity contribution in [2.24, 2.45) is 11.8 Å². The molecule has 1 aromatic rings. The van der Waals surface area contributed by atoms with E-state index in [4.69, 9.17) is 10.6 Å². The smallest absolute Gasteiger partial charge is 0.423 e. The number of thiophene rings is 1. The normalized spacial score (nSPS) is 32.0. The number of carbonyl (C=O) groups is 1. The lowest BCUT2D eigenvalue weighted by Gasteiger charge is -2.51. The van der Waals surface area contributed by atoms with Gasteiger partial charge in [0.1, 0.15) is 6.54 Å². The maximum atomic E-state index is 11.2. The average molecular weight is 297 g/mol. The minimum Gasteiger partial charge on any atom is -0.423 e. The molecular formula is C14H21N2O3S+. The fraction of sp³-hybridized carbons (Fsp3) is 0.643. The van der Waals surface area contributed by atoms with Gasteiger partial charge in [0.25, 0.3) is 0 Å². The van der Waals surface area contributed by atoms with E-state index in [1.165, 1.54) is 18.0 Å². The number of ether oxygens (including phenoxy) is 1. The Balaban J connectivity index is 1.62. The van der Waals surface area contributed by atoms with Crippen LogP contribution in [0.15, 0.2) is 17.5 Å². The molecule has 0 spiro atoms. The van der Waals surface area contributed by atoms with Crippen LogP contribution in [0.1, 0.15) is 17.7 Å². The molecular weight excluding hydrogens is 276 g/mol. The molecule has 4 rings (SSSR count). The fourth-order valence-electron chi connectivity index (χ4n) is 3.62. The van der Waals surface area contributed by atoms with Crippen LogP contribution < -0.4 is 5.90 Å². The maximum Gasteiger partial charge on any atom is 0.527 e. The van der Waals surface area contributed by atoms with Crippen molar-refractivity contribution in [2.75, 3.05) is 26.2 Å². The van der Waals surface area contributed by atoms with E-state index in [0.29, 0.717) is 5.92 Å². The van der Waals surface area contributed by atoms with Crippen molar-refractivity contribution in [1.82, 2.24) is 0 Å². The van der Waals surface area contributed by atoms with E-state index in [1.54, 1.807) is 0 Å². The van der Waals surface area contributed by atoms with Gasteiger partial charge in [-0.1, -0.05) is 6.07 Å². The summed E-state index contributed by atoms with van der Waals surface area (Å²) in [5.74, 6) is 5.35. The molecule has 4 heterocycles. The quantitative estimate of drug-likeness (QED) is 0.524. The van der Waals surface area contributed by atoms with Gasteiger partial charge in [0.2, 0.25) is 0 Å². The van der Waals surface area contributed by atoms with Crippen LogP contribution in [0.5, 0.6) is 0 Å². The molecule has 0 radical (unpaired) electrons. The molecule has 0 aromatic carbocycles. The van der Waals surface area contributed by atoms with Gasteiger partial charge in [-0.2, -0.15) is 5.90 Å². The Kier molecular flexibility index (Phi) is 3.96. The molecule has 1 aromatic heterocycles. The molecule has 3 aliphatic rings. The summed E-state index contributed by atoms with van der Waals surface area (Å²) in [4.78, 5) is 16.8. The predicted molar refractivity (Wildman–Crippen MR) is 76.0 cm³/mol. The number of nitrogens with two attached hydrogens (primary N) is 1. The van der Waals surface area contributed by atoms with E-state index in [0.717, 1.165) is 36.8 Å². The molecule has 110 valence electrons. The third kappa shape index (κ3) is 2.82.